The van der Waals surface area contributed by atoms with Crippen LogP contribution in [0.5, 0.6) is 0 Å². The molecule has 0 unspecified atom stereocenters. The normalized spacial score (nSPS) is 22.1. The molecule has 4 rings (SSSR count). The Morgan fingerprint density at radius 1 is 1.26 bits per heavy atom. The smallest absolute Gasteiger partial charge is 0.287 e. The maximum atomic E-state index is 13.7. The highest BCUT2D eigenvalue weighted by atomic mass is 32.2. The lowest BCUT2D eigenvalue weighted by atomic mass is 9.66. The SMILES string of the molecule is CC(C)CC[C@@]1(C)C(=O)C(C2=NS(=O)(=O)c3c(CO)csc3N2)=C(O)c2ccccc21. The molecule has 31 heavy (non-hydrogen) atoms. The monoisotopic (exact) mass is 460 g/mol. The molecule has 2 aliphatic rings. The van der Waals surface area contributed by atoms with Crippen molar-refractivity contribution in [1.29, 1.82) is 0 Å². The molecule has 2 aromatic rings. The van der Waals surface area contributed by atoms with Crippen LogP contribution in [-0.2, 0) is 26.8 Å². The van der Waals surface area contributed by atoms with Crippen LogP contribution in [0.3, 0.4) is 0 Å². The van der Waals surface area contributed by atoms with Gasteiger partial charge in [0.2, 0.25) is 0 Å². The molecule has 1 aliphatic heterocycles. The summed E-state index contributed by atoms with van der Waals surface area (Å²) < 4.78 is 29.5. The molecule has 0 radical (unpaired) electrons. The van der Waals surface area contributed by atoms with Crippen molar-refractivity contribution in [3.05, 3.63) is 51.9 Å². The number of nitrogens with zero attached hydrogens (tertiary/aromatic N) is 1. The second-order valence-corrected chi connectivity index (χ2v) is 10.9. The average Bonchev–Trinajstić information content (AvgIpc) is 3.15. The molecule has 0 saturated carbocycles. The Hall–Kier alpha value is -2.49. The number of aliphatic hydroxyl groups is 2. The fourth-order valence-electron chi connectivity index (χ4n) is 4.12. The third-order valence-corrected chi connectivity index (χ3v) is 8.37. The third kappa shape index (κ3) is 3.40. The molecule has 7 nitrogen and oxygen atoms in total. The Balaban J connectivity index is 1.89. The van der Waals surface area contributed by atoms with Crippen molar-refractivity contribution in [2.75, 3.05) is 5.32 Å². The third-order valence-electron chi connectivity index (χ3n) is 5.89. The first-order chi connectivity index (χ1) is 14.6. The first-order valence-corrected chi connectivity index (χ1v) is 12.3. The topological polar surface area (TPSA) is 116 Å². The van der Waals surface area contributed by atoms with E-state index >= 15 is 0 Å². The maximum Gasteiger partial charge on any atom is 0.287 e. The summed E-state index contributed by atoms with van der Waals surface area (Å²) in [5, 5.41) is 25.2. The molecular formula is C22H24N2O5S2. The quantitative estimate of drug-likeness (QED) is 0.621. The van der Waals surface area contributed by atoms with Crippen LogP contribution in [0.25, 0.3) is 5.76 Å². The second kappa shape index (κ2) is 7.58. The van der Waals surface area contributed by atoms with Crippen LogP contribution in [0, 0.1) is 5.92 Å². The van der Waals surface area contributed by atoms with E-state index in [1.165, 1.54) is 5.38 Å². The Bertz CT molecular complexity index is 1240. The van der Waals surface area contributed by atoms with E-state index in [0.717, 1.165) is 23.3 Å². The van der Waals surface area contributed by atoms with Crippen molar-refractivity contribution in [3.8, 4) is 0 Å². The Morgan fingerprint density at radius 3 is 2.65 bits per heavy atom. The molecule has 1 aromatic heterocycles. The number of anilines is 1. The number of benzene rings is 1. The van der Waals surface area contributed by atoms with E-state index in [9.17, 15) is 23.4 Å². The van der Waals surface area contributed by atoms with Gasteiger partial charge >= 0.3 is 0 Å². The Labute approximate surface area is 185 Å². The summed E-state index contributed by atoms with van der Waals surface area (Å²) in [4.78, 5) is 13.7. The van der Waals surface area contributed by atoms with Crippen molar-refractivity contribution in [2.45, 2.75) is 50.5 Å². The zero-order chi connectivity index (χ0) is 22.6. The van der Waals surface area contributed by atoms with E-state index in [1.807, 2.05) is 19.1 Å². The van der Waals surface area contributed by atoms with E-state index in [4.69, 9.17) is 0 Å². The number of rotatable bonds is 5. The highest BCUT2D eigenvalue weighted by Crippen LogP contribution is 2.45. The molecule has 3 N–H and O–H groups in total. The van der Waals surface area contributed by atoms with Crippen LogP contribution >= 0.6 is 11.3 Å². The van der Waals surface area contributed by atoms with Crippen molar-refractivity contribution >= 4 is 43.7 Å². The molecule has 1 aliphatic carbocycles. The average molecular weight is 461 g/mol. The lowest BCUT2D eigenvalue weighted by Crippen LogP contribution is -2.42. The molecule has 0 fully saturated rings. The van der Waals surface area contributed by atoms with Crippen molar-refractivity contribution in [3.63, 3.8) is 0 Å². The summed E-state index contributed by atoms with van der Waals surface area (Å²) in [6.07, 6.45) is 1.34. The number of hydrogen-bond donors (Lipinski definition) is 3. The standard InChI is InChI=1S/C22H24N2O5S2/c1-12(2)8-9-22(3)15-7-5-4-6-14(15)17(26)16(19(22)27)20-23-21-18(31(28,29)24-20)13(10-25)11-30-21/h4-7,11-12,25-26H,8-10H2,1-3H3,(H,23,24)/t22-/m1/s1. The van der Waals surface area contributed by atoms with Gasteiger partial charge < -0.3 is 15.5 Å². The van der Waals surface area contributed by atoms with Gasteiger partial charge in [0.25, 0.3) is 10.0 Å². The van der Waals surface area contributed by atoms with Crippen LogP contribution in [0.15, 0.2) is 44.5 Å². The molecule has 1 atom stereocenters. The molecule has 0 spiro atoms. The molecule has 1 aromatic carbocycles. The van der Waals surface area contributed by atoms with Gasteiger partial charge in [-0.1, -0.05) is 38.1 Å². The van der Waals surface area contributed by atoms with Gasteiger partial charge in [-0.05, 0) is 36.6 Å². The molecule has 0 bridgehead atoms. The van der Waals surface area contributed by atoms with Gasteiger partial charge in [0.1, 0.15) is 21.2 Å². The molecule has 2 heterocycles. The van der Waals surface area contributed by atoms with Gasteiger partial charge in [0.15, 0.2) is 11.6 Å². The number of thiophene rings is 1. The summed E-state index contributed by atoms with van der Waals surface area (Å²) >= 11 is 1.10. The minimum Gasteiger partial charge on any atom is -0.506 e. The number of sulfonamides is 1. The van der Waals surface area contributed by atoms with Crippen LogP contribution < -0.4 is 5.32 Å². The molecular weight excluding hydrogens is 436 g/mol. The van der Waals surface area contributed by atoms with E-state index in [0.29, 0.717) is 17.9 Å². The number of fused-ring (bicyclic) bond motifs is 2. The minimum atomic E-state index is -4.15. The summed E-state index contributed by atoms with van der Waals surface area (Å²) in [7, 11) is -4.15. The summed E-state index contributed by atoms with van der Waals surface area (Å²) in [5.74, 6) is -0.470. The summed E-state index contributed by atoms with van der Waals surface area (Å²) in [6, 6.07) is 7.15. The molecule has 0 saturated heterocycles. The molecule has 164 valence electrons. The maximum absolute atomic E-state index is 13.7. The first kappa shape index (κ1) is 21.7. The largest absolute Gasteiger partial charge is 0.506 e. The number of aliphatic hydroxyl groups excluding tert-OH is 2. The number of hydrogen-bond acceptors (Lipinski definition) is 7. The summed E-state index contributed by atoms with van der Waals surface area (Å²) in [5.41, 5.74) is 0.412. The van der Waals surface area contributed by atoms with Gasteiger partial charge in [0, 0.05) is 11.1 Å². The van der Waals surface area contributed by atoms with Gasteiger partial charge in [-0.15, -0.1) is 15.7 Å². The predicted molar refractivity (Wildman–Crippen MR) is 121 cm³/mol. The highest BCUT2D eigenvalue weighted by Gasteiger charge is 2.46. The van der Waals surface area contributed by atoms with Crippen LogP contribution in [-0.4, -0.2) is 30.2 Å². The van der Waals surface area contributed by atoms with E-state index in [1.54, 1.807) is 12.1 Å². The summed E-state index contributed by atoms with van der Waals surface area (Å²) in [6.45, 7) is 5.55. The number of amidine groups is 1. The minimum absolute atomic E-state index is 0.0879. The predicted octanol–water partition coefficient (Wildman–Crippen LogP) is 4.00. The second-order valence-electron chi connectivity index (χ2n) is 8.48. The van der Waals surface area contributed by atoms with Gasteiger partial charge in [-0.25, -0.2) is 0 Å². The first-order valence-electron chi connectivity index (χ1n) is 10.0. The van der Waals surface area contributed by atoms with E-state index in [-0.39, 0.29) is 38.4 Å². The van der Waals surface area contributed by atoms with Crippen molar-refractivity contribution in [2.24, 2.45) is 10.3 Å². The van der Waals surface area contributed by atoms with Crippen LogP contribution in [0.2, 0.25) is 0 Å². The van der Waals surface area contributed by atoms with Gasteiger partial charge in [0.05, 0.1) is 12.0 Å². The van der Waals surface area contributed by atoms with Gasteiger partial charge in [-0.3, -0.25) is 4.79 Å². The number of Topliss-reactive ketones (excluding diaryl/α,β-unsaturated/α-hetero) is 1. The van der Waals surface area contributed by atoms with E-state index in [2.05, 4.69) is 23.6 Å². The number of ketones is 1. The van der Waals surface area contributed by atoms with Gasteiger partial charge in [-0.2, -0.15) is 8.42 Å². The van der Waals surface area contributed by atoms with E-state index < -0.39 is 22.0 Å². The lowest BCUT2D eigenvalue weighted by Gasteiger charge is -2.36. The van der Waals surface area contributed by atoms with Crippen LogP contribution in [0.1, 0.15) is 50.3 Å². The zero-order valence-corrected chi connectivity index (χ0v) is 19.1. The van der Waals surface area contributed by atoms with Crippen molar-refractivity contribution < 1.29 is 23.4 Å². The molecule has 0 amide bonds. The zero-order valence-electron chi connectivity index (χ0n) is 17.5. The van der Waals surface area contributed by atoms with Crippen LogP contribution in [0.4, 0.5) is 5.00 Å². The fraction of sp³-hybridized carbons (Fsp3) is 0.364. The Kier molecular flexibility index (Phi) is 5.31. The van der Waals surface area contributed by atoms with Crippen molar-refractivity contribution in [1.82, 2.24) is 0 Å². The lowest BCUT2D eigenvalue weighted by molar-refractivity contribution is -0.120. The highest BCUT2D eigenvalue weighted by molar-refractivity contribution is 7.90. The Morgan fingerprint density at radius 2 is 1.97 bits per heavy atom. The number of carbonyl (C=O) groups excluding carboxylic acids is 1. The molecule has 9 heteroatoms. The number of carbonyl (C=O) groups is 1. The number of nitrogens with one attached hydrogen (secondary N) is 1. The fourth-order valence-corrected chi connectivity index (χ4v) is 6.71.